The van der Waals surface area contributed by atoms with Gasteiger partial charge >= 0.3 is 0 Å². The van der Waals surface area contributed by atoms with Crippen LogP contribution in [0.2, 0.25) is 0 Å². The van der Waals surface area contributed by atoms with Crippen molar-refractivity contribution in [1.82, 2.24) is 14.8 Å². The molecule has 1 aromatic rings. The molecule has 9 heteroatoms. The lowest BCUT2D eigenvalue weighted by molar-refractivity contribution is -0.133. The zero-order valence-corrected chi connectivity index (χ0v) is 23.1. The van der Waals surface area contributed by atoms with Crippen molar-refractivity contribution < 1.29 is 23.8 Å². The molecule has 0 saturated carbocycles. The van der Waals surface area contributed by atoms with Crippen LogP contribution in [-0.4, -0.2) is 79.3 Å². The zero-order valence-electron chi connectivity index (χ0n) is 21.6. The first kappa shape index (κ1) is 29.0. The van der Waals surface area contributed by atoms with Gasteiger partial charge in [0.15, 0.2) is 0 Å². The van der Waals surface area contributed by atoms with Gasteiger partial charge in [0.1, 0.15) is 0 Å². The average Bonchev–Trinajstić information content (AvgIpc) is 2.85. The maximum Gasteiger partial charge on any atom is 0.222 e. The smallest absolute Gasteiger partial charge is 0.222 e. The monoisotopic (exact) mass is 567 g/mol. The molecular weight excluding hydrogens is 526 g/mol. The maximum atomic E-state index is 13.1. The molecule has 3 rings (SSSR count). The van der Waals surface area contributed by atoms with Crippen molar-refractivity contribution in [2.45, 2.75) is 77.3 Å². The Morgan fingerprint density at radius 2 is 1.00 bits per heavy atom. The maximum absolute atomic E-state index is 13.1. The van der Waals surface area contributed by atoms with Gasteiger partial charge in [-0.05, 0) is 25.0 Å². The highest BCUT2D eigenvalue weighted by atomic mass is 79.9. The first-order valence-electron chi connectivity index (χ1n) is 13.6. The Balaban J connectivity index is 1.82. The third kappa shape index (κ3) is 11.2. The van der Waals surface area contributed by atoms with Crippen LogP contribution in [0, 0.1) is 0 Å². The predicted octanol–water partition coefficient (Wildman–Crippen LogP) is 4.48. The lowest BCUT2D eigenvalue weighted by Crippen LogP contribution is -2.35. The molecular formula is C27H42BrN3O5. The molecule has 1 aromatic heterocycles. The van der Waals surface area contributed by atoms with E-state index in [0.29, 0.717) is 78.7 Å². The van der Waals surface area contributed by atoms with Crippen LogP contribution in [0.5, 0.6) is 0 Å². The summed E-state index contributed by atoms with van der Waals surface area (Å²) in [5.74, 6) is 0.277. The first-order valence-corrected chi connectivity index (χ1v) is 14.4. The number of halogens is 1. The van der Waals surface area contributed by atoms with E-state index in [4.69, 9.17) is 19.2 Å². The van der Waals surface area contributed by atoms with E-state index in [0.717, 1.165) is 54.4 Å². The highest BCUT2D eigenvalue weighted by Crippen LogP contribution is 2.18. The van der Waals surface area contributed by atoms with Gasteiger partial charge in [-0.3, -0.25) is 14.6 Å². The van der Waals surface area contributed by atoms with E-state index in [1.165, 1.54) is 12.8 Å². The Hall–Kier alpha value is -1.55. The van der Waals surface area contributed by atoms with Crippen LogP contribution >= 0.6 is 15.9 Å². The standard InChI is InChI=1S/C27H42BrN3O5/c28-23-19-24-21-30-11-13-34-15-17-36-18-16-35-14-12-31(22-25(20-23)29-24)27(33)10-8-6-4-2-1-3-5-7-9-26(30)32/h19-20H,1-18,21-22H2. The normalized spacial score (nSPS) is 21.7. The van der Waals surface area contributed by atoms with Crippen LogP contribution < -0.4 is 0 Å². The van der Waals surface area contributed by atoms with Crippen molar-refractivity contribution >= 4 is 27.7 Å². The third-order valence-corrected chi connectivity index (χ3v) is 7.05. The fourth-order valence-electron chi connectivity index (χ4n) is 4.57. The second kappa shape index (κ2) is 17.1. The van der Waals surface area contributed by atoms with Crippen LogP contribution in [0.3, 0.4) is 0 Å². The summed E-state index contributed by atoms with van der Waals surface area (Å²) in [6.07, 6.45) is 9.74. The van der Waals surface area contributed by atoms with Gasteiger partial charge < -0.3 is 24.0 Å². The average molecular weight is 569 g/mol. The molecule has 0 saturated heterocycles. The van der Waals surface area contributed by atoms with Gasteiger partial charge in [-0.25, -0.2) is 0 Å². The minimum atomic E-state index is 0.138. The van der Waals surface area contributed by atoms with Crippen molar-refractivity contribution in [3.05, 3.63) is 28.0 Å². The number of nitrogens with zero attached hydrogens (tertiary/aromatic N) is 3. The van der Waals surface area contributed by atoms with E-state index >= 15 is 0 Å². The molecule has 3 heterocycles. The van der Waals surface area contributed by atoms with Crippen molar-refractivity contribution in [3.8, 4) is 0 Å². The van der Waals surface area contributed by atoms with E-state index < -0.39 is 0 Å². The largest absolute Gasteiger partial charge is 0.377 e. The minimum absolute atomic E-state index is 0.138. The molecule has 0 aromatic carbocycles. The number of fused-ring (bicyclic) bond motifs is 2. The molecule has 2 aliphatic rings. The first-order chi connectivity index (χ1) is 17.6. The quantitative estimate of drug-likeness (QED) is 0.459. The third-order valence-electron chi connectivity index (χ3n) is 6.59. The van der Waals surface area contributed by atoms with Crippen LogP contribution in [0.25, 0.3) is 0 Å². The fraction of sp³-hybridized carbons (Fsp3) is 0.741. The number of hydrogen-bond acceptors (Lipinski definition) is 6. The number of aromatic nitrogens is 1. The highest BCUT2D eigenvalue weighted by Gasteiger charge is 2.18. The summed E-state index contributed by atoms with van der Waals surface area (Å²) in [7, 11) is 0. The Morgan fingerprint density at radius 3 is 1.44 bits per heavy atom. The van der Waals surface area contributed by atoms with E-state index in [1.54, 1.807) is 0 Å². The van der Waals surface area contributed by atoms with Gasteiger partial charge in [0.2, 0.25) is 11.8 Å². The Labute approximate surface area is 224 Å². The number of carbonyl (C=O) groups is 2. The molecule has 0 fully saturated rings. The second-order valence-corrected chi connectivity index (χ2v) is 10.5. The molecule has 4 bridgehead atoms. The van der Waals surface area contributed by atoms with Gasteiger partial charge in [0.05, 0.1) is 64.1 Å². The number of amides is 2. The van der Waals surface area contributed by atoms with Crippen LogP contribution in [0.1, 0.15) is 75.6 Å². The summed E-state index contributed by atoms with van der Waals surface area (Å²) >= 11 is 3.61. The molecule has 0 aliphatic carbocycles. The van der Waals surface area contributed by atoms with Crippen LogP contribution in [0.4, 0.5) is 0 Å². The molecule has 8 nitrogen and oxygen atoms in total. The molecule has 36 heavy (non-hydrogen) atoms. The molecule has 2 amide bonds. The Morgan fingerprint density at radius 1 is 0.611 bits per heavy atom. The number of carbonyl (C=O) groups excluding carboxylic acids is 2. The second-order valence-electron chi connectivity index (χ2n) is 9.56. The predicted molar refractivity (Wildman–Crippen MR) is 141 cm³/mol. The lowest BCUT2D eigenvalue weighted by Gasteiger charge is -2.25. The van der Waals surface area contributed by atoms with Crippen molar-refractivity contribution in [2.24, 2.45) is 0 Å². The van der Waals surface area contributed by atoms with E-state index in [-0.39, 0.29) is 11.8 Å². The van der Waals surface area contributed by atoms with Crippen LogP contribution in [-0.2, 0) is 36.9 Å². The number of rotatable bonds is 0. The molecule has 202 valence electrons. The summed E-state index contributed by atoms with van der Waals surface area (Å²) < 4.78 is 17.9. The number of ether oxygens (including phenoxy) is 3. The van der Waals surface area contributed by atoms with Crippen molar-refractivity contribution in [3.63, 3.8) is 0 Å². The SMILES string of the molecule is O=C1CCCCCCCCCCC(=O)N2CCOCCOCCOCCN1Cc1cc(Br)cc(n1)C2. The summed E-state index contributed by atoms with van der Waals surface area (Å²) in [6, 6.07) is 3.91. The highest BCUT2D eigenvalue weighted by molar-refractivity contribution is 9.10. The summed E-state index contributed by atoms with van der Waals surface area (Å²) in [4.78, 5) is 34.8. The summed E-state index contributed by atoms with van der Waals surface area (Å²) in [5, 5.41) is 0. The number of hydrogen-bond donors (Lipinski definition) is 0. The summed E-state index contributed by atoms with van der Waals surface area (Å²) in [5.41, 5.74) is 1.61. The summed E-state index contributed by atoms with van der Waals surface area (Å²) in [6.45, 7) is 4.68. The molecule has 0 spiro atoms. The molecule has 0 unspecified atom stereocenters. The fourth-order valence-corrected chi connectivity index (χ4v) is 5.10. The molecule has 2 aliphatic heterocycles. The lowest BCUT2D eigenvalue weighted by atomic mass is 10.1. The molecule has 0 radical (unpaired) electrons. The van der Waals surface area contributed by atoms with Crippen molar-refractivity contribution in [1.29, 1.82) is 0 Å². The Bertz CT molecular complexity index is 749. The van der Waals surface area contributed by atoms with Gasteiger partial charge in [-0.15, -0.1) is 0 Å². The molecule has 0 N–H and O–H groups in total. The zero-order chi connectivity index (χ0) is 25.4. The van der Waals surface area contributed by atoms with Gasteiger partial charge in [0.25, 0.3) is 0 Å². The van der Waals surface area contributed by atoms with E-state index in [9.17, 15) is 9.59 Å². The minimum Gasteiger partial charge on any atom is -0.377 e. The topological polar surface area (TPSA) is 81.2 Å². The van der Waals surface area contributed by atoms with Gasteiger partial charge in [-0.2, -0.15) is 0 Å². The van der Waals surface area contributed by atoms with Crippen molar-refractivity contribution in [2.75, 3.05) is 52.7 Å². The van der Waals surface area contributed by atoms with E-state index in [2.05, 4.69) is 15.9 Å². The van der Waals surface area contributed by atoms with Gasteiger partial charge in [-0.1, -0.05) is 54.5 Å². The Kier molecular flexibility index (Phi) is 13.7. The van der Waals surface area contributed by atoms with Crippen LogP contribution in [0.15, 0.2) is 16.6 Å². The van der Waals surface area contributed by atoms with Gasteiger partial charge in [0, 0.05) is 30.4 Å². The number of pyridine rings is 1. The molecule has 0 atom stereocenters. The van der Waals surface area contributed by atoms with E-state index in [1.807, 2.05) is 21.9 Å².